The highest BCUT2D eigenvalue weighted by Crippen LogP contribution is 2.34. The van der Waals surface area contributed by atoms with Crippen LogP contribution in [0.15, 0.2) is 12.2 Å². The zero-order chi connectivity index (χ0) is 9.14. The van der Waals surface area contributed by atoms with E-state index in [0.717, 1.165) is 5.71 Å². The highest BCUT2D eigenvalue weighted by Gasteiger charge is 2.26. The molecule has 0 aromatic rings. The molecule has 1 nitrogen and oxygen atoms in total. The number of nitrogens with one attached hydrogen (secondary N) is 1. The highest BCUT2D eigenvalue weighted by molar-refractivity contribution is 5.81. The van der Waals surface area contributed by atoms with Crippen LogP contribution in [-0.4, -0.2) is 5.71 Å². The smallest absolute Gasteiger partial charge is 0.00950 e. The number of allylic oxidation sites excluding steroid dienone is 1. The summed E-state index contributed by atoms with van der Waals surface area (Å²) < 4.78 is 0. The van der Waals surface area contributed by atoms with Crippen molar-refractivity contribution in [3.05, 3.63) is 12.2 Å². The molecule has 0 amide bonds. The van der Waals surface area contributed by atoms with E-state index in [-0.39, 0.29) is 0 Å². The van der Waals surface area contributed by atoms with Gasteiger partial charge in [0, 0.05) is 11.6 Å². The van der Waals surface area contributed by atoms with Gasteiger partial charge in [-0.3, -0.25) is 0 Å². The summed E-state index contributed by atoms with van der Waals surface area (Å²) in [5.74, 6) is 1.09. The molecule has 0 heterocycles. The van der Waals surface area contributed by atoms with Gasteiger partial charge in [0.25, 0.3) is 0 Å². The van der Waals surface area contributed by atoms with Gasteiger partial charge in [0.2, 0.25) is 0 Å². The molecule has 0 radical (unpaired) electrons. The SMILES string of the molecule is C=C(C)C1CCCCC1C(C)=N. The predicted octanol–water partition coefficient (Wildman–Crippen LogP) is 3.41. The van der Waals surface area contributed by atoms with E-state index in [9.17, 15) is 0 Å². The molecule has 0 bridgehead atoms. The summed E-state index contributed by atoms with van der Waals surface area (Å²) in [7, 11) is 0. The van der Waals surface area contributed by atoms with Crippen LogP contribution in [0.2, 0.25) is 0 Å². The molecule has 0 saturated heterocycles. The molecule has 0 aliphatic heterocycles. The van der Waals surface area contributed by atoms with Gasteiger partial charge in [-0.25, -0.2) is 0 Å². The lowest BCUT2D eigenvalue weighted by Crippen LogP contribution is -2.25. The second-order valence-corrected chi connectivity index (χ2v) is 4.03. The van der Waals surface area contributed by atoms with Crippen LogP contribution in [0, 0.1) is 17.2 Å². The summed E-state index contributed by atoms with van der Waals surface area (Å²) in [6, 6.07) is 0. The van der Waals surface area contributed by atoms with Gasteiger partial charge in [0.05, 0.1) is 0 Å². The van der Waals surface area contributed by atoms with Crippen LogP contribution < -0.4 is 0 Å². The van der Waals surface area contributed by atoms with Crippen molar-refractivity contribution >= 4 is 5.71 Å². The second kappa shape index (κ2) is 3.88. The minimum atomic E-state index is 0.497. The van der Waals surface area contributed by atoms with Crippen molar-refractivity contribution in [2.45, 2.75) is 39.5 Å². The van der Waals surface area contributed by atoms with E-state index in [2.05, 4.69) is 13.5 Å². The molecule has 68 valence electrons. The fraction of sp³-hybridized carbons (Fsp3) is 0.727. The van der Waals surface area contributed by atoms with Gasteiger partial charge in [-0.1, -0.05) is 25.0 Å². The molecule has 0 spiro atoms. The molecule has 0 aromatic carbocycles. The molecule has 1 rings (SSSR count). The molecule has 1 aliphatic carbocycles. The third-order valence-corrected chi connectivity index (χ3v) is 2.96. The van der Waals surface area contributed by atoms with Crippen molar-refractivity contribution in [3.63, 3.8) is 0 Å². The molecule has 12 heavy (non-hydrogen) atoms. The Hall–Kier alpha value is -0.590. The van der Waals surface area contributed by atoms with Crippen LogP contribution in [0.5, 0.6) is 0 Å². The van der Waals surface area contributed by atoms with Crippen molar-refractivity contribution in [1.29, 1.82) is 5.41 Å². The van der Waals surface area contributed by atoms with Gasteiger partial charge in [-0.2, -0.15) is 0 Å². The summed E-state index contributed by atoms with van der Waals surface area (Å²) in [4.78, 5) is 0. The molecule has 1 aliphatic rings. The molecule has 1 saturated carbocycles. The second-order valence-electron chi connectivity index (χ2n) is 4.03. The average molecular weight is 165 g/mol. The molecule has 1 N–H and O–H groups in total. The van der Waals surface area contributed by atoms with E-state index < -0.39 is 0 Å². The van der Waals surface area contributed by atoms with Crippen molar-refractivity contribution < 1.29 is 0 Å². The third-order valence-electron chi connectivity index (χ3n) is 2.96. The Morgan fingerprint density at radius 3 is 2.00 bits per heavy atom. The number of rotatable bonds is 2. The van der Waals surface area contributed by atoms with E-state index in [1.54, 1.807) is 0 Å². The summed E-state index contributed by atoms with van der Waals surface area (Å²) in [6.45, 7) is 8.05. The van der Waals surface area contributed by atoms with Gasteiger partial charge >= 0.3 is 0 Å². The molecule has 2 atom stereocenters. The van der Waals surface area contributed by atoms with Crippen LogP contribution in [0.1, 0.15) is 39.5 Å². The maximum Gasteiger partial charge on any atom is 0.00950 e. The Morgan fingerprint density at radius 1 is 1.17 bits per heavy atom. The van der Waals surface area contributed by atoms with E-state index in [0.29, 0.717) is 11.8 Å². The van der Waals surface area contributed by atoms with Crippen molar-refractivity contribution in [1.82, 2.24) is 0 Å². The molecule has 1 heteroatoms. The van der Waals surface area contributed by atoms with E-state index >= 15 is 0 Å². The lowest BCUT2D eigenvalue weighted by atomic mass is 9.74. The number of hydrogen-bond acceptors (Lipinski definition) is 1. The van der Waals surface area contributed by atoms with Crippen molar-refractivity contribution in [3.8, 4) is 0 Å². The molecule has 1 fully saturated rings. The van der Waals surface area contributed by atoms with Crippen LogP contribution in [-0.2, 0) is 0 Å². The first-order valence-electron chi connectivity index (χ1n) is 4.83. The summed E-state index contributed by atoms with van der Waals surface area (Å²) in [6.07, 6.45) is 5.06. The maximum absolute atomic E-state index is 7.67. The highest BCUT2D eigenvalue weighted by atomic mass is 14.5. The van der Waals surface area contributed by atoms with Gasteiger partial charge in [-0.05, 0) is 32.6 Å². The van der Waals surface area contributed by atoms with E-state index in [4.69, 9.17) is 5.41 Å². The van der Waals surface area contributed by atoms with Crippen molar-refractivity contribution in [2.75, 3.05) is 0 Å². The van der Waals surface area contributed by atoms with Gasteiger partial charge in [0.1, 0.15) is 0 Å². The fourth-order valence-electron chi connectivity index (χ4n) is 2.24. The monoisotopic (exact) mass is 165 g/mol. The van der Waals surface area contributed by atoms with Crippen LogP contribution in [0.25, 0.3) is 0 Å². The quantitative estimate of drug-likeness (QED) is 0.479. The van der Waals surface area contributed by atoms with E-state index in [1.165, 1.54) is 31.3 Å². The first kappa shape index (κ1) is 9.50. The van der Waals surface area contributed by atoms with Gasteiger partial charge < -0.3 is 5.41 Å². The Kier molecular flexibility index (Phi) is 3.07. The Morgan fingerprint density at radius 2 is 1.67 bits per heavy atom. The third kappa shape index (κ3) is 1.96. The first-order chi connectivity index (χ1) is 5.63. The topological polar surface area (TPSA) is 23.9 Å². The number of hydrogen-bond donors (Lipinski definition) is 1. The normalized spacial score (nSPS) is 29.8. The largest absolute Gasteiger partial charge is 0.310 e. The van der Waals surface area contributed by atoms with Crippen LogP contribution in [0.3, 0.4) is 0 Å². The predicted molar refractivity (Wildman–Crippen MR) is 53.7 cm³/mol. The van der Waals surface area contributed by atoms with Gasteiger partial charge in [-0.15, -0.1) is 0 Å². The molecule has 0 aromatic heterocycles. The Balaban J connectivity index is 2.67. The Labute approximate surface area is 75.4 Å². The van der Waals surface area contributed by atoms with Crippen LogP contribution >= 0.6 is 0 Å². The van der Waals surface area contributed by atoms with E-state index in [1.807, 2.05) is 6.92 Å². The standard InChI is InChI=1S/C11H19N/c1-8(2)10-6-4-5-7-11(10)9(3)12/h10-12H,1,4-7H2,2-3H3. The summed E-state index contributed by atoms with van der Waals surface area (Å²) >= 11 is 0. The fourth-order valence-corrected chi connectivity index (χ4v) is 2.24. The lowest BCUT2D eigenvalue weighted by Gasteiger charge is -2.31. The Bertz CT molecular complexity index is 171. The minimum absolute atomic E-state index is 0.497. The lowest BCUT2D eigenvalue weighted by molar-refractivity contribution is 0.340. The zero-order valence-electron chi connectivity index (χ0n) is 8.19. The molecule has 2 unspecified atom stereocenters. The molecular weight excluding hydrogens is 146 g/mol. The van der Waals surface area contributed by atoms with Gasteiger partial charge in [0.15, 0.2) is 0 Å². The van der Waals surface area contributed by atoms with Crippen LogP contribution in [0.4, 0.5) is 0 Å². The first-order valence-corrected chi connectivity index (χ1v) is 4.83. The maximum atomic E-state index is 7.67. The molecular formula is C11H19N. The van der Waals surface area contributed by atoms with Crippen molar-refractivity contribution in [2.24, 2.45) is 11.8 Å². The average Bonchev–Trinajstić information content (AvgIpc) is 2.04. The summed E-state index contributed by atoms with van der Waals surface area (Å²) in [5.41, 5.74) is 2.12. The summed E-state index contributed by atoms with van der Waals surface area (Å²) in [5, 5.41) is 7.67. The zero-order valence-corrected chi connectivity index (χ0v) is 8.19. The minimum Gasteiger partial charge on any atom is -0.310 e.